The number of nitrogens with one attached hydrogen (secondary N) is 2. The molecule has 1 aromatic carbocycles. The van der Waals surface area contributed by atoms with E-state index in [-0.39, 0.29) is 23.0 Å². The number of carbonyl (C=O) groups is 1. The maximum absolute atomic E-state index is 13.0. The number of aromatic amines is 1. The van der Waals surface area contributed by atoms with E-state index < -0.39 is 0 Å². The number of rotatable bonds is 2. The Morgan fingerprint density at radius 3 is 2.66 bits per heavy atom. The summed E-state index contributed by atoms with van der Waals surface area (Å²) in [5.74, 6) is 0.981. The van der Waals surface area contributed by atoms with Crippen molar-refractivity contribution in [3.63, 3.8) is 0 Å². The number of benzene rings is 1. The van der Waals surface area contributed by atoms with Gasteiger partial charge in [0.25, 0.3) is 5.91 Å². The van der Waals surface area contributed by atoms with Gasteiger partial charge in [0.05, 0.1) is 0 Å². The average Bonchev–Trinajstić information content (AvgIpc) is 3.13. The summed E-state index contributed by atoms with van der Waals surface area (Å²) in [5.41, 5.74) is 2.46. The zero-order valence-corrected chi connectivity index (χ0v) is 17.9. The van der Waals surface area contributed by atoms with Crippen LogP contribution in [0.2, 0.25) is 0 Å². The standard InChI is InChI=1S/C23H32N4O2/c1-22(2,3)20-13-18(25-26-20)21(28)27(4)17-9-11-23(12-10-17)15-24-14-16-7-5-6-8-19(16)29-23/h5-8,13,17,24H,9-12,14-15H2,1-4H3,(H,25,26). The van der Waals surface area contributed by atoms with E-state index in [1.165, 1.54) is 5.56 Å². The molecular formula is C23H32N4O2. The van der Waals surface area contributed by atoms with Gasteiger partial charge in [0.1, 0.15) is 17.0 Å². The fraction of sp³-hybridized carbons (Fsp3) is 0.565. The number of para-hydroxylation sites is 1. The SMILES string of the molecule is CN(C(=O)c1cc(C(C)(C)C)[nH]n1)C1CCC2(CC1)CNCc1ccccc1O2. The Labute approximate surface area is 173 Å². The molecule has 2 aliphatic rings. The van der Waals surface area contributed by atoms with Gasteiger partial charge in [-0.2, -0.15) is 5.10 Å². The van der Waals surface area contributed by atoms with Gasteiger partial charge < -0.3 is 15.0 Å². The van der Waals surface area contributed by atoms with Crippen molar-refractivity contribution in [1.29, 1.82) is 0 Å². The zero-order chi connectivity index (χ0) is 20.6. The summed E-state index contributed by atoms with van der Waals surface area (Å²) in [4.78, 5) is 14.8. The summed E-state index contributed by atoms with van der Waals surface area (Å²) in [6, 6.07) is 10.4. The second-order valence-electron chi connectivity index (χ2n) is 9.56. The Kier molecular flexibility index (Phi) is 5.15. The van der Waals surface area contributed by atoms with Crippen molar-refractivity contribution >= 4 is 5.91 Å². The van der Waals surface area contributed by atoms with Crippen molar-refractivity contribution in [3.8, 4) is 5.75 Å². The minimum Gasteiger partial charge on any atom is -0.486 e. The second-order valence-corrected chi connectivity index (χ2v) is 9.56. The summed E-state index contributed by atoms with van der Waals surface area (Å²) in [7, 11) is 1.90. The van der Waals surface area contributed by atoms with Crippen LogP contribution in [0, 0.1) is 0 Å². The van der Waals surface area contributed by atoms with E-state index in [4.69, 9.17) is 4.74 Å². The molecule has 0 bridgehead atoms. The first-order chi connectivity index (χ1) is 13.8. The Bertz CT molecular complexity index is 875. The van der Waals surface area contributed by atoms with E-state index >= 15 is 0 Å². The van der Waals surface area contributed by atoms with Gasteiger partial charge in [-0.3, -0.25) is 9.89 Å². The van der Waals surface area contributed by atoms with Crippen LogP contribution in [-0.2, 0) is 12.0 Å². The van der Waals surface area contributed by atoms with E-state index in [9.17, 15) is 4.79 Å². The van der Waals surface area contributed by atoms with Crippen molar-refractivity contribution < 1.29 is 9.53 Å². The van der Waals surface area contributed by atoms with Crippen LogP contribution in [0.5, 0.6) is 5.75 Å². The molecule has 2 heterocycles. The molecule has 2 N–H and O–H groups in total. The van der Waals surface area contributed by atoms with Gasteiger partial charge in [-0.05, 0) is 37.8 Å². The Hall–Kier alpha value is -2.34. The Morgan fingerprint density at radius 1 is 1.24 bits per heavy atom. The lowest BCUT2D eigenvalue weighted by atomic mass is 9.81. The van der Waals surface area contributed by atoms with Gasteiger partial charge in [-0.15, -0.1) is 0 Å². The highest BCUT2D eigenvalue weighted by atomic mass is 16.5. The molecule has 0 atom stereocenters. The monoisotopic (exact) mass is 396 g/mol. The van der Waals surface area contributed by atoms with E-state index in [1.807, 2.05) is 24.1 Å². The van der Waals surface area contributed by atoms with Gasteiger partial charge in [0.15, 0.2) is 0 Å². The molecule has 0 unspecified atom stereocenters. The number of ether oxygens (including phenoxy) is 1. The van der Waals surface area contributed by atoms with Gasteiger partial charge in [0, 0.05) is 42.9 Å². The zero-order valence-electron chi connectivity index (χ0n) is 17.9. The third-order valence-corrected chi connectivity index (χ3v) is 6.40. The third-order valence-electron chi connectivity index (χ3n) is 6.40. The molecule has 156 valence electrons. The maximum Gasteiger partial charge on any atom is 0.274 e. The number of fused-ring (bicyclic) bond motifs is 1. The Morgan fingerprint density at radius 2 is 1.97 bits per heavy atom. The van der Waals surface area contributed by atoms with Crippen LogP contribution in [0.4, 0.5) is 0 Å². The molecule has 1 aromatic heterocycles. The summed E-state index contributed by atoms with van der Waals surface area (Å²) < 4.78 is 6.52. The molecule has 1 amide bonds. The van der Waals surface area contributed by atoms with Crippen molar-refractivity contribution in [2.24, 2.45) is 0 Å². The lowest BCUT2D eigenvalue weighted by Gasteiger charge is -2.42. The molecule has 29 heavy (non-hydrogen) atoms. The van der Waals surface area contributed by atoms with Crippen LogP contribution < -0.4 is 10.1 Å². The molecular weight excluding hydrogens is 364 g/mol. The third kappa shape index (κ3) is 4.04. The Balaban J connectivity index is 1.41. The fourth-order valence-corrected chi connectivity index (χ4v) is 4.40. The van der Waals surface area contributed by atoms with Gasteiger partial charge >= 0.3 is 0 Å². The van der Waals surface area contributed by atoms with E-state index in [0.717, 1.165) is 50.2 Å². The quantitative estimate of drug-likeness (QED) is 0.813. The minimum atomic E-state index is -0.182. The van der Waals surface area contributed by atoms with E-state index in [0.29, 0.717) is 5.69 Å². The predicted molar refractivity (Wildman–Crippen MR) is 113 cm³/mol. The average molecular weight is 397 g/mol. The second kappa shape index (κ2) is 7.48. The number of carbonyl (C=O) groups excluding carboxylic acids is 1. The maximum atomic E-state index is 13.0. The smallest absolute Gasteiger partial charge is 0.274 e. The predicted octanol–water partition coefficient (Wildman–Crippen LogP) is 3.64. The molecule has 1 fully saturated rings. The fourth-order valence-electron chi connectivity index (χ4n) is 4.40. The molecule has 1 spiro atoms. The number of nitrogens with zero attached hydrogens (tertiary/aromatic N) is 2. The van der Waals surface area contributed by atoms with Crippen molar-refractivity contribution in [3.05, 3.63) is 47.3 Å². The minimum absolute atomic E-state index is 0.0112. The van der Waals surface area contributed by atoms with Crippen molar-refractivity contribution in [2.45, 2.75) is 70.1 Å². The molecule has 1 aliphatic carbocycles. The lowest BCUT2D eigenvalue weighted by Crippen LogP contribution is -2.51. The van der Waals surface area contributed by atoms with Crippen LogP contribution in [0.1, 0.15) is 68.2 Å². The number of hydrogen-bond acceptors (Lipinski definition) is 4. The highest BCUT2D eigenvalue weighted by Gasteiger charge is 2.40. The molecule has 0 radical (unpaired) electrons. The van der Waals surface area contributed by atoms with Gasteiger partial charge in [-0.25, -0.2) is 0 Å². The summed E-state index contributed by atoms with van der Waals surface area (Å²) in [5, 5.41) is 10.8. The number of amides is 1. The largest absolute Gasteiger partial charge is 0.486 e. The molecule has 1 saturated carbocycles. The van der Waals surface area contributed by atoms with Crippen LogP contribution in [0.15, 0.2) is 30.3 Å². The van der Waals surface area contributed by atoms with Crippen LogP contribution in [-0.4, -0.2) is 46.2 Å². The first-order valence-electron chi connectivity index (χ1n) is 10.6. The van der Waals surface area contributed by atoms with Crippen LogP contribution >= 0.6 is 0 Å². The van der Waals surface area contributed by atoms with Crippen LogP contribution in [0.25, 0.3) is 0 Å². The molecule has 0 saturated heterocycles. The molecule has 4 rings (SSSR count). The summed E-state index contributed by atoms with van der Waals surface area (Å²) in [6.45, 7) is 8.02. The number of aromatic nitrogens is 2. The molecule has 1 aliphatic heterocycles. The van der Waals surface area contributed by atoms with Gasteiger partial charge in [0.2, 0.25) is 0 Å². The van der Waals surface area contributed by atoms with E-state index in [2.05, 4.69) is 54.5 Å². The van der Waals surface area contributed by atoms with E-state index in [1.54, 1.807) is 0 Å². The lowest BCUT2D eigenvalue weighted by molar-refractivity contribution is 0.0101. The topological polar surface area (TPSA) is 70.2 Å². The molecule has 6 nitrogen and oxygen atoms in total. The number of H-pyrrole nitrogens is 1. The van der Waals surface area contributed by atoms with Crippen molar-refractivity contribution in [1.82, 2.24) is 20.4 Å². The first kappa shape index (κ1) is 20.0. The summed E-state index contributed by atoms with van der Waals surface area (Å²) in [6.07, 6.45) is 3.74. The normalized spacial score (nSPS) is 24.5. The van der Waals surface area contributed by atoms with Crippen molar-refractivity contribution in [2.75, 3.05) is 13.6 Å². The highest BCUT2D eigenvalue weighted by Crippen LogP contribution is 2.37. The van der Waals surface area contributed by atoms with Crippen LogP contribution in [0.3, 0.4) is 0 Å². The molecule has 6 heteroatoms. The molecule has 2 aromatic rings. The first-order valence-corrected chi connectivity index (χ1v) is 10.6. The van der Waals surface area contributed by atoms with Gasteiger partial charge in [-0.1, -0.05) is 39.0 Å². The highest BCUT2D eigenvalue weighted by molar-refractivity contribution is 5.92. The summed E-state index contributed by atoms with van der Waals surface area (Å²) >= 11 is 0. The number of hydrogen-bond donors (Lipinski definition) is 2.